The maximum absolute atomic E-state index is 12.2. The summed E-state index contributed by atoms with van der Waals surface area (Å²) in [5, 5.41) is 9.52. The molecule has 0 unspecified atom stereocenters. The predicted molar refractivity (Wildman–Crippen MR) is 90.6 cm³/mol. The number of carbonyl (C=O) groups is 2. The normalized spacial score (nSPS) is 17.3. The van der Waals surface area contributed by atoms with Gasteiger partial charge in [-0.3, -0.25) is 4.79 Å². The van der Waals surface area contributed by atoms with E-state index in [0.717, 1.165) is 0 Å². The zero-order chi connectivity index (χ0) is 17.7. The molecule has 1 atom stereocenters. The Kier molecular flexibility index (Phi) is 6.09. The van der Waals surface area contributed by atoms with Crippen LogP contribution in [-0.4, -0.2) is 48.2 Å². The molecular weight excluding hydrogens is 334 g/mol. The van der Waals surface area contributed by atoms with E-state index in [4.69, 9.17) is 26.2 Å². The molecule has 7 heteroatoms. The molecule has 0 radical (unpaired) electrons. The Bertz CT molecular complexity index is 659. The number of hydrogen-bond donors (Lipinski definition) is 1. The average molecular weight is 354 g/mol. The van der Waals surface area contributed by atoms with E-state index in [0.29, 0.717) is 48.1 Å². The molecule has 0 spiro atoms. The minimum Gasteiger partial charge on any atom is -0.491 e. The molecule has 1 aliphatic heterocycles. The number of carbonyl (C=O) groups excluding carboxylic acids is 1. The smallest absolute Gasteiger partial charge is 0.326 e. The third kappa shape index (κ3) is 4.00. The maximum Gasteiger partial charge on any atom is 0.326 e. The third-order valence-corrected chi connectivity index (χ3v) is 4.06. The Labute approximate surface area is 145 Å². The highest BCUT2D eigenvalue weighted by atomic mass is 35.5. The van der Waals surface area contributed by atoms with E-state index in [-0.39, 0.29) is 5.91 Å². The molecule has 0 aromatic heterocycles. The van der Waals surface area contributed by atoms with E-state index in [1.54, 1.807) is 18.2 Å². The molecule has 2 rings (SSSR count). The van der Waals surface area contributed by atoms with Gasteiger partial charge in [-0.2, -0.15) is 0 Å². The summed E-state index contributed by atoms with van der Waals surface area (Å²) in [5.74, 6) is -0.373. The van der Waals surface area contributed by atoms with Gasteiger partial charge in [0.1, 0.15) is 6.04 Å². The summed E-state index contributed by atoms with van der Waals surface area (Å²) in [6, 6.07) is 2.63. The number of rotatable bonds is 6. The molecule has 1 heterocycles. The number of amides is 1. The third-order valence-electron chi connectivity index (χ3n) is 3.78. The first-order valence-corrected chi connectivity index (χ1v) is 8.07. The van der Waals surface area contributed by atoms with Gasteiger partial charge in [-0.25, -0.2) is 4.79 Å². The first-order valence-electron chi connectivity index (χ1n) is 7.69. The number of likely N-dealkylation sites (tertiary alicyclic amines) is 1. The molecule has 130 valence electrons. The quantitative estimate of drug-likeness (QED) is 0.796. The summed E-state index contributed by atoms with van der Waals surface area (Å²) in [6.07, 6.45) is 4.12. The highest BCUT2D eigenvalue weighted by Gasteiger charge is 2.32. The molecule has 1 aromatic carbocycles. The van der Waals surface area contributed by atoms with Gasteiger partial charge in [0, 0.05) is 12.6 Å². The lowest BCUT2D eigenvalue weighted by Gasteiger charge is -2.19. The molecule has 6 nitrogen and oxygen atoms in total. The van der Waals surface area contributed by atoms with E-state index in [1.807, 2.05) is 6.92 Å². The first-order chi connectivity index (χ1) is 11.5. The summed E-state index contributed by atoms with van der Waals surface area (Å²) < 4.78 is 10.7. The monoisotopic (exact) mass is 353 g/mol. The van der Waals surface area contributed by atoms with Crippen LogP contribution in [0.25, 0.3) is 6.08 Å². The molecule has 1 fully saturated rings. The zero-order valence-electron chi connectivity index (χ0n) is 13.6. The number of methoxy groups -OCH3 is 1. The second-order valence-corrected chi connectivity index (χ2v) is 5.74. The molecule has 0 saturated carbocycles. The summed E-state index contributed by atoms with van der Waals surface area (Å²) in [4.78, 5) is 24.8. The Hall–Kier alpha value is -2.21. The molecule has 1 amide bonds. The van der Waals surface area contributed by atoms with E-state index in [1.165, 1.54) is 18.1 Å². The number of carboxylic acid groups (broad SMARTS) is 1. The van der Waals surface area contributed by atoms with Gasteiger partial charge in [0.15, 0.2) is 11.5 Å². The fourth-order valence-electron chi connectivity index (χ4n) is 2.70. The van der Waals surface area contributed by atoms with Crippen LogP contribution < -0.4 is 9.47 Å². The minimum absolute atomic E-state index is 0.329. The van der Waals surface area contributed by atoms with Crippen molar-refractivity contribution in [3.8, 4) is 11.5 Å². The van der Waals surface area contributed by atoms with Crippen molar-refractivity contribution < 1.29 is 24.2 Å². The van der Waals surface area contributed by atoms with E-state index in [9.17, 15) is 9.59 Å². The molecule has 1 N–H and O–H groups in total. The highest BCUT2D eigenvalue weighted by Crippen LogP contribution is 2.36. The second kappa shape index (κ2) is 8.06. The van der Waals surface area contributed by atoms with Crippen molar-refractivity contribution in [1.82, 2.24) is 4.90 Å². The highest BCUT2D eigenvalue weighted by molar-refractivity contribution is 6.32. The largest absolute Gasteiger partial charge is 0.491 e. The van der Waals surface area contributed by atoms with Crippen molar-refractivity contribution in [3.63, 3.8) is 0 Å². The molecular formula is C17H20ClNO5. The van der Waals surface area contributed by atoms with Gasteiger partial charge in [-0.05, 0) is 43.5 Å². The van der Waals surface area contributed by atoms with Gasteiger partial charge in [-0.1, -0.05) is 11.6 Å². The van der Waals surface area contributed by atoms with E-state index < -0.39 is 12.0 Å². The minimum atomic E-state index is -0.972. The topological polar surface area (TPSA) is 76.1 Å². The van der Waals surface area contributed by atoms with Crippen LogP contribution in [0.3, 0.4) is 0 Å². The molecule has 0 aliphatic carbocycles. The summed E-state index contributed by atoms with van der Waals surface area (Å²) >= 11 is 6.17. The van der Waals surface area contributed by atoms with Gasteiger partial charge in [-0.15, -0.1) is 0 Å². The predicted octanol–water partition coefficient (Wildman–Crippen LogP) is 2.84. The second-order valence-electron chi connectivity index (χ2n) is 5.33. The van der Waals surface area contributed by atoms with Crippen LogP contribution in [0.4, 0.5) is 0 Å². The number of aliphatic carboxylic acids is 1. The molecule has 0 bridgehead atoms. The molecule has 1 aromatic rings. The molecule has 1 aliphatic rings. The standard InChI is InChI=1S/C17H20ClNO5/c1-3-24-14-10-11(9-12(18)16(14)23-2)6-7-15(20)19-8-4-5-13(19)17(21)22/h6-7,9-10,13H,3-5,8H2,1-2H3,(H,21,22)/b7-6+/t13-/m1/s1. The van der Waals surface area contributed by atoms with Crippen molar-refractivity contribution in [2.75, 3.05) is 20.3 Å². The van der Waals surface area contributed by atoms with Gasteiger partial charge in [0.05, 0.1) is 18.7 Å². The molecule has 24 heavy (non-hydrogen) atoms. The number of halogens is 1. The van der Waals surface area contributed by atoms with Crippen LogP contribution in [0, 0.1) is 0 Å². The lowest BCUT2D eigenvalue weighted by molar-refractivity contribution is -0.146. The van der Waals surface area contributed by atoms with E-state index >= 15 is 0 Å². The van der Waals surface area contributed by atoms with Crippen molar-refractivity contribution in [3.05, 3.63) is 28.8 Å². The number of benzene rings is 1. The van der Waals surface area contributed by atoms with Crippen molar-refractivity contribution in [1.29, 1.82) is 0 Å². The fourth-order valence-corrected chi connectivity index (χ4v) is 2.99. The van der Waals surface area contributed by atoms with Gasteiger partial charge < -0.3 is 19.5 Å². The number of nitrogens with zero attached hydrogens (tertiary/aromatic N) is 1. The summed E-state index contributed by atoms with van der Waals surface area (Å²) in [6.45, 7) is 2.75. The van der Waals surface area contributed by atoms with Crippen LogP contribution in [-0.2, 0) is 9.59 Å². The Morgan fingerprint density at radius 1 is 1.46 bits per heavy atom. The summed E-state index contributed by atoms with van der Waals surface area (Å²) in [7, 11) is 1.50. The average Bonchev–Trinajstić information content (AvgIpc) is 3.03. The van der Waals surface area contributed by atoms with Crippen LogP contribution in [0.5, 0.6) is 11.5 Å². The lowest BCUT2D eigenvalue weighted by atomic mass is 10.1. The fraction of sp³-hybridized carbons (Fsp3) is 0.412. The number of carboxylic acids is 1. The number of hydrogen-bond acceptors (Lipinski definition) is 4. The summed E-state index contributed by atoms with van der Waals surface area (Å²) in [5.41, 5.74) is 0.670. The van der Waals surface area contributed by atoms with Crippen molar-refractivity contribution in [2.24, 2.45) is 0 Å². The van der Waals surface area contributed by atoms with Crippen LogP contribution in [0.2, 0.25) is 5.02 Å². The lowest BCUT2D eigenvalue weighted by Crippen LogP contribution is -2.39. The van der Waals surface area contributed by atoms with Crippen molar-refractivity contribution in [2.45, 2.75) is 25.8 Å². The van der Waals surface area contributed by atoms with Gasteiger partial charge in [0.2, 0.25) is 5.91 Å². The molecule has 1 saturated heterocycles. The van der Waals surface area contributed by atoms with Crippen molar-refractivity contribution >= 4 is 29.6 Å². The Morgan fingerprint density at radius 3 is 2.83 bits per heavy atom. The van der Waals surface area contributed by atoms with Gasteiger partial charge >= 0.3 is 5.97 Å². The first kappa shape index (κ1) is 18.1. The van der Waals surface area contributed by atoms with Crippen LogP contribution >= 0.6 is 11.6 Å². The number of ether oxygens (including phenoxy) is 2. The Morgan fingerprint density at radius 2 is 2.21 bits per heavy atom. The van der Waals surface area contributed by atoms with Crippen LogP contribution in [0.1, 0.15) is 25.3 Å². The van der Waals surface area contributed by atoms with Gasteiger partial charge in [0.25, 0.3) is 0 Å². The van der Waals surface area contributed by atoms with E-state index in [2.05, 4.69) is 0 Å². The maximum atomic E-state index is 12.2. The van der Waals surface area contributed by atoms with Crippen LogP contribution in [0.15, 0.2) is 18.2 Å². The SMILES string of the molecule is CCOc1cc(/C=C/C(=O)N2CCC[C@@H]2C(=O)O)cc(Cl)c1OC. The Balaban J connectivity index is 2.19. The zero-order valence-corrected chi connectivity index (χ0v) is 14.4.